The van der Waals surface area contributed by atoms with Crippen LogP contribution in [0.5, 0.6) is 0 Å². The van der Waals surface area contributed by atoms with Crippen LogP contribution >= 0.6 is 23.2 Å². The molecule has 3 rings (SSSR count). The van der Waals surface area contributed by atoms with Gasteiger partial charge >= 0.3 is 0 Å². The van der Waals surface area contributed by atoms with E-state index in [2.05, 4.69) is 5.32 Å². The van der Waals surface area contributed by atoms with Gasteiger partial charge in [-0.1, -0.05) is 40.9 Å². The molecule has 0 aliphatic carbocycles. The summed E-state index contributed by atoms with van der Waals surface area (Å²) in [6.45, 7) is 6.37. The predicted molar refractivity (Wildman–Crippen MR) is 117 cm³/mol. The highest BCUT2D eigenvalue weighted by atomic mass is 35.5. The predicted octanol–water partition coefficient (Wildman–Crippen LogP) is 4.96. The number of anilines is 1. The summed E-state index contributed by atoms with van der Waals surface area (Å²) in [5.74, 6) is -0.603. The minimum absolute atomic E-state index is 0.0297. The van der Waals surface area contributed by atoms with Gasteiger partial charge in [0.25, 0.3) is 0 Å². The van der Waals surface area contributed by atoms with Gasteiger partial charge in [-0.25, -0.2) is 8.42 Å². The van der Waals surface area contributed by atoms with Gasteiger partial charge in [0.15, 0.2) is 0 Å². The average molecular weight is 455 g/mol. The molecular formula is C21H24Cl2N2O3S. The van der Waals surface area contributed by atoms with Crippen molar-refractivity contribution >= 4 is 44.8 Å². The number of amides is 1. The zero-order valence-electron chi connectivity index (χ0n) is 16.6. The van der Waals surface area contributed by atoms with Gasteiger partial charge < -0.3 is 5.32 Å². The zero-order valence-corrected chi connectivity index (χ0v) is 19.0. The molecular weight excluding hydrogens is 431 g/mol. The van der Waals surface area contributed by atoms with Crippen molar-refractivity contribution < 1.29 is 13.2 Å². The van der Waals surface area contributed by atoms with E-state index in [4.69, 9.17) is 23.2 Å². The topological polar surface area (TPSA) is 66.5 Å². The van der Waals surface area contributed by atoms with Crippen molar-refractivity contribution in [2.75, 3.05) is 18.4 Å². The molecule has 1 amide bonds. The van der Waals surface area contributed by atoms with Crippen LogP contribution in [0.4, 0.5) is 5.69 Å². The Balaban J connectivity index is 1.80. The minimum Gasteiger partial charge on any atom is -0.325 e. The molecule has 0 aromatic heterocycles. The third-order valence-electron chi connectivity index (χ3n) is 5.19. The van der Waals surface area contributed by atoms with Gasteiger partial charge in [0.2, 0.25) is 15.9 Å². The molecule has 29 heavy (non-hydrogen) atoms. The van der Waals surface area contributed by atoms with E-state index in [9.17, 15) is 13.2 Å². The number of nitrogens with one attached hydrogen (secondary N) is 1. The van der Waals surface area contributed by atoms with Crippen molar-refractivity contribution in [3.05, 3.63) is 57.1 Å². The van der Waals surface area contributed by atoms with Crippen molar-refractivity contribution in [1.82, 2.24) is 4.31 Å². The van der Waals surface area contributed by atoms with E-state index in [1.807, 2.05) is 32.9 Å². The standard InChI is InChI=1S/C21H24Cl2N2O3S/c1-13-9-14(2)20(15(3)10-13)24-21(26)16-5-4-8-25(12-16)29(27,28)19-11-17(22)6-7-18(19)23/h6-7,9-11,16H,4-5,8,12H2,1-3H3,(H,24,26)/t16-/m0/s1. The molecule has 0 spiro atoms. The summed E-state index contributed by atoms with van der Waals surface area (Å²) >= 11 is 12.1. The number of aryl methyl sites for hydroxylation is 3. The van der Waals surface area contributed by atoms with E-state index in [1.54, 1.807) is 6.07 Å². The van der Waals surface area contributed by atoms with Crippen LogP contribution < -0.4 is 5.32 Å². The van der Waals surface area contributed by atoms with Crippen molar-refractivity contribution in [3.8, 4) is 0 Å². The number of carbonyl (C=O) groups excluding carboxylic acids is 1. The summed E-state index contributed by atoms with van der Waals surface area (Å²) < 4.78 is 27.5. The van der Waals surface area contributed by atoms with Gasteiger partial charge in [-0.2, -0.15) is 4.31 Å². The first-order chi connectivity index (χ1) is 13.6. The fourth-order valence-corrected chi connectivity index (χ4v) is 6.05. The number of halogens is 2. The van der Waals surface area contributed by atoms with E-state index in [0.29, 0.717) is 24.4 Å². The fourth-order valence-electron chi connectivity index (χ4n) is 3.79. The molecule has 1 saturated heterocycles. The fraction of sp³-hybridized carbons (Fsp3) is 0.381. The molecule has 156 valence electrons. The maximum Gasteiger partial charge on any atom is 0.244 e. The summed E-state index contributed by atoms with van der Waals surface area (Å²) in [7, 11) is -3.84. The zero-order chi connectivity index (χ0) is 21.3. The van der Waals surface area contributed by atoms with Crippen LogP contribution in [0.25, 0.3) is 0 Å². The Bertz CT molecular complexity index is 1030. The summed E-state index contributed by atoms with van der Waals surface area (Å²) in [6.07, 6.45) is 1.23. The quantitative estimate of drug-likeness (QED) is 0.709. The van der Waals surface area contributed by atoms with Gasteiger partial charge in [-0.15, -0.1) is 0 Å². The number of rotatable bonds is 4. The average Bonchev–Trinajstić information content (AvgIpc) is 2.66. The van der Waals surface area contributed by atoms with Crippen molar-refractivity contribution in [1.29, 1.82) is 0 Å². The third-order valence-corrected chi connectivity index (χ3v) is 7.77. The second kappa shape index (κ2) is 8.64. The van der Waals surface area contributed by atoms with Crippen molar-refractivity contribution in [2.24, 2.45) is 5.92 Å². The van der Waals surface area contributed by atoms with E-state index >= 15 is 0 Å². The van der Waals surface area contributed by atoms with E-state index < -0.39 is 15.9 Å². The Morgan fingerprint density at radius 1 is 1.10 bits per heavy atom. The summed E-state index contributed by atoms with van der Waals surface area (Å²) in [5.41, 5.74) is 3.90. The van der Waals surface area contributed by atoms with E-state index in [-0.39, 0.29) is 22.4 Å². The molecule has 0 unspecified atom stereocenters. The van der Waals surface area contributed by atoms with Crippen LogP contribution in [0.3, 0.4) is 0 Å². The lowest BCUT2D eigenvalue weighted by Gasteiger charge is -2.31. The number of sulfonamides is 1. The van der Waals surface area contributed by atoms with Gasteiger partial charge in [0.1, 0.15) is 4.90 Å². The lowest BCUT2D eigenvalue weighted by Crippen LogP contribution is -2.43. The SMILES string of the molecule is Cc1cc(C)c(NC(=O)[C@H]2CCCN(S(=O)(=O)c3cc(Cl)ccc3Cl)C2)c(C)c1. The number of carbonyl (C=O) groups is 1. The Hall–Kier alpha value is -1.60. The molecule has 1 fully saturated rings. The van der Waals surface area contributed by atoms with E-state index in [0.717, 1.165) is 22.4 Å². The molecule has 8 heteroatoms. The normalized spacial score (nSPS) is 17.9. The lowest BCUT2D eigenvalue weighted by atomic mass is 9.98. The molecule has 1 aliphatic heterocycles. The van der Waals surface area contributed by atoms with Crippen LogP contribution in [0.1, 0.15) is 29.5 Å². The maximum absolute atomic E-state index is 13.1. The molecule has 5 nitrogen and oxygen atoms in total. The number of nitrogens with zero attached hydrogens (tertiary/aromatic N) is 1. The number of benzene rings is 2. The molecule has 0 bridgehead atoms. The first kappa shape index (κ1) is 22.1. The van der Waals surface area contributed by atoms with Crippen LogP contribution in [-0.2, 0) is 14.8 Å². The number of hydrogen-bond donors (Lipinski definition) is 1. The lowest BCUT2D eigenvalue weighted by molar-refractivity contribution is -0.120. The highest BCUT2D eigenvalue weighted by molar-refractivity contribution is 7.89. The highest BCUT2D eigenvalue weighted by Crippen LogP contribution is 2.31. The van der Waals surface area contributed by atoms with Gasteiger partial charge in [-0.3, -0.25) is 4.79 Å². The van der Waals surface area contributed by atoms with Gasteiger partial charge in [0.05, 0.1) is 10.9 Å². The first-order valence-corrected chi connectivity index (χ1v) is 11.6. The van der Waals surface area contributed by atoms with Crippen molar-refractivity contribution in [2.45, 2.75) is 38.5 Å². The largest absolute Gasteiger partial charge is 0.325 e. The van der Waals surface area contributed by atoms with Crippen LogP contribution in [0.15, 0.2) is 35.2 Å². The van der Waals surface area contributed by atoms with Crippen LogP contribution in [0, 0.1) is 26.7 Å². The molecule has 0 radical (unpaired) electrons. The minimum atomic E-state index is -3.84. The molecule has 1 N–H and O–H groups in total. The van der Waals surface area contributed by atoms with Gasteiger partial charge in [-0.05, 0) is 62.9 Å². The number of hydrogen-bond acceptors (Lipinski definition) is 3. The molecule has 1 atom stereocenters. The second-order valence-electron chi connectivity index (χ2n) is 7.54. The highest BCUT2D eigenvalue weighted by Gasteiger charge is 2.34. The van der Waals surface area contributed by atoms with Crippen LogP contribution in [0.2, 0.25) is 10.0 Å². The molecule has 0 saturated carbocycles. The molecule has 2 aromatic carbocycles. The summed E-state index contributed by atoms with van der Waals surface area (Å²) in [5, 5.41) is 3.41. The van der Waals surface area contributed by atoms with Gasteiger partial charge in [0, 0.05) is 23.8 Å². The molecule has 2 aromatic rings. The Morgan fingerprint density at radius 3 is 2.41 bits per heavy atom. The first-order valence-electron chi connectivity index (χ1n) is 9.43. The molecule has 1 heterocycles. The van der Waals surface area contributed by atoms with E-state index in [1.165, 1.54) is 16.4 Å². The van der Waals surface area contributed by atoms with Crippen LogP contribution in [-0.4, -0.2) is 31.7 Å². The summed E-state index contributed by atoms with van der Waals surface area (Å²) in [6, 6.07) is 8.39. The number of piperidine rings is 1. The Labute approximate surface area is 182 Å². The second-order valence-corrected chi connectivity index (χ2v) is 10.3. The monoisotopic (exact) mass is 454 g/mol. The summed E-state index contributed by atoms with van der Waals surface area (Å²) in [4.78, 5) is 12.9. The molecule has 1 aliphatic rings. The maximum atomic E-state index is 13.1. The third kappa shape index (κ3) is 4.77. The Kier molecular flexibility index (Phi) is 6.58. The smallest absolute Gasteiger partial charge is 0.244 e. The Morgan fingerprint density at radius 2 is 1.76 bits per heavy atom. The van der Waals surface area contributed by atoms with Crippen molar-refractivity contribution in [3.63, 3.8) is 0 Å².